The van der Waals surface area contributed by atoms with Crippen molar-refractivity contribution in [3.8, 4) is 5.69 Å². The van der Waals surface area contributed by atoms with E-state index in [0.717, 1.165) is 72.9 Å². The third-order valence-corrected chi connectivity index (χ3v) is 7.87. The molecular weight excluding hydrogens is 500 g/mol. The van der Waals surface area contributed by atoms with E-state index in [9.17, 15) is 4.79 Å². The van der Waals surface area contributed by atoms with E-state index < -0.39 is 5.38 Å². The van der Waals surface area contributed by atoms with E-state index >= 15 is 0 Å². The van der Waals surface area contributed by atoms with Crippen LogP contribution < -0.4 is 4.90 Å². The van der Waals surface area contributed by atoms with E-state index in [-0.39, 0.29) is 11.8 Å². The molecule has 0 unspecified atom stereocenters. The summed E-state index contributed by atoms with van der Waals surface area (Å²) < 4.78 is 7.50. The van der Waals surface area contributed by atoms with Gasteiger partial charge in [-0.25, -0.2) is 14.6 Å². The van der Waals surface area contributed by atoms with E-state index in [1.54, 1.807) is 0 Å². The molecule has 0 aliphatic carbocycles. The van der Waals surface area contributed by atoms with Gasteiger partial charge in [-0.1, -0.05) is 48.5 Å². The van der Waals surface area contributed by atoms with Gasteiger partial charge in [-0.2, -0.15) is 5.10 Å². The van der Waals surface area contributed by atoms with Crippen LogP contribution in [0.15, 0.2) is 66.9 Å². The minimum absolute atomic E-state index is 0.0488. The van der Waals surface area contributed by atoms with Gasteiger partial charge in [0.15, 0.2) is 5.65 Å². The summed E-state index contributed by atoms with van der Waals surface area (Å²) in [5, 5.41) is 4.95. The molecule has 0 bridgehead atoms. The molecule has 2 aromatic carbocycles. The predicted molar refractivity (Wildman–Crippen MR) is 148 cm³/mol. The minimum Gasteiger partial charge on any atom is -0.381 e. The standard InChI is InChI=1S/C29H31ClN6O2/c30-25(21-8-3-1-4-9-21)29(37)35-15-7-14-34(16-17-35)27-24-20-31-36(23-10-5-2-6-11-23)28(24)33-26(32-27)22-12-18-38-19-13-22/h1-6,8-11,20,22,25H,7,12-19H2/t25-/m0/s1. The number of anilines is 1. The number of amides is 1. The van der Waals surface area contributed by atoms with E-state index in [0.29, 0.717) is 19.6 Å². The number of hydrogen-bond acceptors (Lipinski definition) is 6. The Morgan fingerprint density at radius 3 is 2.42 bits per heavy atom. The molecule has 1 atom stereocenters. The molecule has 0 N–H and O–H groups in total. The van der Waals surface area contributed by atoms with Gasteiger partial charge in [0, 0.05) is 45.3 Å². The quantitative estimate of drug-likeness (QED) is 0.347. The monoisotopic (exact) mass is 530 g/mol. The Bertz CT molecular complexity index is 1390. The van der Waals surface area contributed by atoms with Gasteiger partial charge in [0.05, 0.1) is 17.3 Å². The Morgan fingerprint density at radius 1 is 0.921 bits per heavy atom. The van der Waals surface area contributed by atoms with Gasteiger partial charge in [-0.3, -0.25) is 4.79 Å². The highest BCUT2D eigenvalue weighted by Gasteiger charge is 2.29. The van der Waals surface area contributed by atoms with E-state index in [1.807, 2.05) is 76.4 Å². The number of carbonyl (C=O) groups is 1. The Morgan fingerprint density at radius 2 is 1.66 bits per heavy atom. The van der Waals surface area contributed by atoms with Crippen molar-refractivity contribution in [3.05, 3.63) is 78.2 Å². The number of para-hydroxylation sites is 1. The van der Waals surface area contributed by atoms with Crippen molar-refractivity contribution >= 4 is 34.4 Å². The molecule has 8 nitrogen and oxygen atoms in total. The zero-order valence-corrected chi connectivity index (χ0v) is 22.0. The molecule has 2 aliphatic rings. The normalized spacial score (nSPS) is 17.9. The minimum atomic E-state index is -0.683. The molecule has 4 aromatic rings. The molecule has 6 rings (SSSR count). The van der Waals surface area contributed by atoms with Crippen molar-refractivity contribution in [2.24, 2.45) is 0 Å². The molecule has 2 aromatic heterocycles. The van der Waals surface area contributed by atoms with Crippen LogP contribution in [0.4, 0.5) is 5.82 Å². The van der Waals surface area contributed by atoms with Crippen LogP contribution in [0.5, 0.6) is 0 Å². The fraction of sp³-hybridized carbons (Fsp3) is 0.379. The highest BCUT2D eigenvalue weighted by molar-refractivity contribution is 6.30. The van der Waals surface area contributed by atoms with E-state index in [2.05, 4.69) is 4.90 Å². The highest BCUT2D eigenvalue weighted by Crippen LogP contribution is 2.32. The SMILES string of the molecule is O=C([C@@H](Cl)c1ccccc1)N1CCCN(c2nc(C3CCOCC3)nc3c2cnn3-c2ccccc2)CC1. The number of ether oxygens (including phenoxy) is 1. The van der Waals surface area contributed by atoms with Crippen molar-refractivity contribution in [1.82, 2.24) is 24.6 Å². The van der Waals surface area contributed by atoms with Gasteiger partial charge in [0.2, 0.25) is 5.91 Å². The van der Waals surface area contributed by atoms with Crippen LogP contribution in [0.25, 0.3) is 16.7 Å². The second-order valence-electron chi connectivity index (χ2n) is 9.86. The largest absolute Gasteiger partial charge is 0.381 e. The molecule has 2 aliphatic heterocycles. The van der Waals surface area contributed by atoms with Crippen molar-refractivity contribution < 1.29 is 9.53 Å². The second-order valence-corrected chi connectivity index (χ2v) is 10.3. The first-order valence-corrected chi connectivity index (χ1v) is 13.7. The average Bonchev–Trinajstić information content (AvgIpc) is 3.26. The average molecular weight is 531 g/mol. The fourth-order valence-electron chi connectivity index (χ4n) is 5.32. The number of aromatic nitrogens is 4. The number of benzene rings is 2. The first-order valence-electron chi connectivity index (χ1n) is 13.3. The molecule has 1 amide bonds. The number of nitrogens with zero attached hydrogens (tertiary/aromatic N) is 6. The summed E-state index contributed by atoms with van der Waals surface area (Å²) in [6.07, 6.45) is 4.51. The molecule has 0 radical (unpaired) electrons. The maximum absolute atomic E-state index is 13.3. The number of hydrogen-bond donors (Lipinski definition) is 0. The first kappa shape index (κ1) is 24.8. The molecule has 9 heteroatoms. The molecule has 0 spiro atoms. The molecule has 2 fully saturated rings. The summed E-state index contributed by atoms with van der Waals surface area (Å²) in [5.41, 5.74) is 2.60. The molecule has 38 heavy (non-hydrogen) atoms. The van der Waals surface area contributed by atoms with Gasteiger partial charge in [-0.15, -0.1) is 11.6 Å². The number of carbonyl (C=O) groups excluding carboxylic acids is 1. The maximum atomic E-state index is 13.3. The van der Waals surface area contributed by atoms with Gasteiger partial charge in [0.25, 0.3) is 0 Å². The maximum Gasteiger partial charge on any atom is 0.245 e. The topological polar surface area (TPSA) is 76.4 Å². The van der Waals surface area contributed by atoms with Crippen molar-refractivity contribution in [1.29, 1.82) is 0 Å². The second kappa shape index (κ2) is 11.1. The van der Waals surface area contributed by atoms with Crippen LogP contribution in [-0.4, -0.2) is 69.9 Å². The Labute approximate surface area is 227 Å². The Hall–Kier alpha value is -3.49. The Kier molecular flexibility index (Phi) is 7.25. The summed E-state index contributed by atoms with van der Waals surface area (Å²) in [4.78, 5) is 27.6. The Balaban J connectivity index is 1.31. The molecular formula is C29H31ClN6O2. The smallest absolute Gasteiger partial charge is 0.245 e. The third kappa shape index (κ3) is 4.98. The lowest BCUT2D eigenvalue weighted by Gasteiger charge is -2.26. The summed E-state index contributed by atoms with van der Waals surface area (Å²) in [6.45, 7) is 4.15. The van der Waals surface area contributed by atoms with Gasteiger partial charge in [0.1, 0.15) is 17.0 Å². The molecule has 0 saturated carbocycles. The number of alkyl halides is 1. The van der Waals surface area contributed by atoms with Crippen molar-refractivity contribution in [3.63, 3.8) is 0 Å². The van der Waals surface area contributed by atoms with E-state index in [1.165, 1.54) is 0 Å². The van der Waals surface area contributed by atoms with Gasteiger partial charge < -0.3 is 14.5 Å². The van der Waals surface area contributed by atoms with Crippen LogP contribution in [-0.2, 0) is 9.53 Å². The van der Waals surface area contributed by atoms with Gasteiger partial charge >= 0.3 is 0 Å². The van der Waals surface area contributed by atoms with Crippen LogP contribution in [0.2, 0.25) is 0 Å². The van der Waals surface area contributed by atoms with Crippen LogP contribution >= 0.6 is 11.6 Å². The predicted octanol–water partition coefficient (Wildman–Crippen LogP) is 4.73. The molecule has 2 saturated heterocycles. The lowest BCUT2D eigenvalue weighted by molar-refractivity contribution is -0.130. The van der Waals surface area contributed by atoms with Crippen molar-refractivity contribution in [2.75, 3.05) is 44.3 Å². The lowest BCUT2D eigenvalue weighted by Crippen LogP contribution is -2.37. The summed E-state index contributed by atoms with van der Waals surface area (Å²) in [5.74, 6) is 1.93. The highest BCUT2D eigenvalue weighted by atomic mass is 35.5. The zero-order valence-electron chi connectivity index (χ0n) is 21.2. The summed E-state index contributed by atoms with van der Waals surface area (Å²) in [7, 11) is 0. The van der Waals surface area contributed by atoms with Crippen LogP contribution in [0.3, 0.4) is 0 Å². The van der Waals surface area contributed by atoms with E-state index in [4.69, 9.17) is 31.4 Å². The van der Waals surface area contributed by atoms with Crippen LogP contribution in [0.1, 0.15) is 41.9 Å². The fourth-order valence-corrected chi connectivity index (χ4v) is 5.61. The third-order valence-electron chi connectivity index (χ3n) is 7.43. The number of halogens is 1. The van der Waals surface area contributed by atoms with Gasteiger partial charge in [-0.05, 0) is 37.0 Å². The number of rotatable bonds is 5. The summed E-state index contributed by atoms with van der Waals surface area (Å²) in [6, 6.07) is 19.6. The zero-order chi connectivity index (χ0) is 25.9. The lowest BCUT2D eigenvalue weighted by atomic mass is 9.99. The van der Waals surface area contributed by atoms with Crippen LogP contribution in [0, 0.1) is 0 Å². The molecule has 4 heterocycles. The van der Waals surface area contributed by atoms with Crippen molar-refractivity contribution in [2.45, 2.75) is 30.6 Å². The number of fused-ring (bicyclic) bond motifs is 1. The molecule has 196 valence electrons. The first-order chi connectivity index (χ1) is 18.7. The summed E-state index contributed by atoms with van der Waals surface area (Å²) >= 11 is 6.60.